The van der Waals surface area contributed by atoms with E-state index in [4.69, 9.17) is 10.5 Å². The lowest BCUT2D eigenvalue weighted by molar-refractivity contribution is 0.299. The van der Waals surface area contributed by atoms with Gasteiger partial charge in [0.15, 0.2) is 11.5 Å². The van der Waals surface area contributed by atoms with Crippen LogP contribution in [0.15, 0.2) is 67.3 Å². The van der Waals surface area contributed by atoms with Crippen molar-refractivity contribution in [3.05, 3.63) is 78.4 Å². The molecule has 6 nitrogen and oxygen atoms in total. The number of ether oxygens (including phenoxy) is 1. The van der Waals surface area contributed by atoms with Crippen molar-refractivity contribution in [1.82, 2.24) is 19.5 Å². The van der Waals surface area contributed by atoms with Crippen molar-refractivity contribution in [3.63, 3.8) is 0 Å². The number of anilines is 1. The van der Waals surface area contributed by atoms with Gasteiger partial charge in [0.05, 0.1) is 12.9 Å². The van der Waals surface area contributed by atoms with Crippen molar-refractivity contribution in [1.29, 1.82) is 0 Å². The third kappa shape index (κ3) is 3.49. The first kappa shape index (κ1) is 16.1. The second-order valence-corrected chi connectivity index (χ2v) is 6.02. The molecule has 0 atom stereocenters. The van der Waals surface area contributed by atoms with Crippen molar-refractivity contribution in [2.45, 2.75) is 13.0 Å². The van der Waals surface area contributed by atoms with Crippen LogP contribution in [0.2, 0.25) is 0 Å². The molecule has 4 rings (SSSR count). The Kier molecular flexibility index (Phi) is 4.47. The highest BCUT2D eigenvalue weighted by Crippen LogP contribution is 2.17. The van der Waals surface area contributed by atoms with Gasteiger partial charge in [-0.1, -0.05) is 42.5 Å². The third-order valence-corrected chi connectivity index (χ3v) is 4.20. The molecule has 0 radical (unpaired) electrons. The average Bonchev–Trinajstić information content (AvgIpc) is 3.09. The molecule has 4 aromatic rings. The Labute approximate surface area is 151 Å². The molecule has 2 heterocycles. The van der Waals surface area contributed by atoms with Gasteiger partial charge in [-0.2, -0.15) is 0 Å². The average molecular weight is 345 g/mol. The maximum absolute atomic E-state index is 5.84. The number of hydrogen-bond donors (Lipinski definition) is 1. The monoisotopic (exact) mass is 345 g/mol. The summed E-state index contributed by atoms with van der Waals surface area (Å²) in [6.45, 7) is 1.16. The van der Waals surface area contributed by atoms with Gasteiger partial charge in [-0.15, -0.1) is 0 Å². The van der Waals surface area contributed by atoms with Gasteiger partial charge < -0.3 is 15.0 Å². The van der Waals surface area contributed by atoms with Crippen molar-refractivity contribution < 1.29 is 4.74 Å². The van der Waals surface area contributed by atoms with Crippen LogP contribution >= 0.6 is 0 Å². The fraction of sp³-hybridized carbons (Fsp3) is 0.150. The molecule has 6 heteroatoms. The molecule has 0 aliphatic heterocycles. The van der Waals surface area contributed by atoms with Gasteiger partial charge in [-0.05, 0) is 29.7 Å². The fourth-order valence-electron chi connectivity index (χ4n) is 2.86. The predicted molar refractivity (Wildman–Crippen MR) is 101 cm³/mol. The van der Waals surface area contributed by atoms with Crippen LogP contribution in [0, 0.1) is 0 Å². The van der Waals surface area contributed by atoms with Gasteiger partial charge in [0.1, 0.15) is 24.2 Å². The lowest BCUT2D eigenvalue weighted by Crippen LogP contribution is -2.08. The topological polar surface area (TPSA) is 78.9 Å². The molecule has 0 amide bonds. The van der Waals surface area contributed by atoms with Gasteiger partial charge in [-0.25, -0.2) is 15.0 Å². The molecule has 0 saturated carbocycles. The van der Waals surface area contributed by atoms with Gasteiger partial charge in [0, 0.05) is 0 Å². The summed E-state index contributed by atoms with van der Waals surface area (Å²) in [4.78, 5) is 12.4. The molecule has 0 aliphatic rings. The molecular formula is C20H19N5O. The number of aromatic nitrogens is 4. The fourth-order valence-corrected chi connectivity index (χ4v) is 2.86. The first-order chi connectivity index (χ1) is 12.8. The first-order valence-corrected chi connectivity index (χ1v) is 8.46. The van der Waals surface area contributed by atoms with Crippen LogP contribution in [0.25, 0.3) is 11.2 Å². The first-order valence-electron chi connectivity index (χ1n) is 8.46. The predicted octanol–water partition coefficient (Wildman–Crippen LogP) is 3.08. The van der Waals surface area contributed by atoms with Crippen LogP contribution in [-0.4, -0.2) is 26.1 Å². The Morgan fingerprint density at radius 2 is 1.65 bits per heavy atom. The molecule has 26 heavy (non-hydrogen) atoms. The zero-order valence-corrected chi connectivity index (χ0v) is 14.2. The number of benzene rings is 2. The highest BCUT2D eigenvalue weighted by Gasteiger charge is 2.07. The molecule has 0 saturated heterocycles. The smallest absolute Gasteiger partial charge is 0.165 e. The van der Waals surface area contributed by atoms with Gasteiger partial charge in [0.2, 0.25) is 0 Å². The van der Waals surface area contributed by atoms with Crippen LogP contribution < -0.4 is 10.5 Å². The SMILES string of the molecule is Nc1ncnc2c1ncn2CCOc1ccc(Cc2ccccc2)cc1. The summed E-state index contributed by atoms with van der Waals surface area (Å²) in [5.74, 6) is 1.24. The number of imidazole rings is 1. The second-order valence-electron chi connectivity index (χ2n) is 6.02. The zero-order valence-electron chi connectivity index (χ0n) is 14.2. The lowest BCUT2D eigenvalue weighted by Gasteiger charge is -2.08. The number of hydrogen-bond acceptors (Lipinski definition) is 5. The molecule has 2 aromatic heterocycles. The summed E-state index contributed by atoms with van der Waals surface area (Å²) in [7, 11) is 0. The molecule has 130 valence electrons. The molecule has 0 spiro atoms. The van der Waals surface area contributed by atoms with E-state index in [1.54, 1.807) is 6.33 Å². The summed E-state index contributed by atoms with van der Waals surface area (Å²) in [5.41, 5.74) is 9.71. The van der Waals surface area contributed by atoms with E-state index in [2.05, 4.69) is 51.4 Å². The van der Waals surface area contributed by atoms with Crippen molar-refractivity contribution in [3.8, 4) is 5.75 Å². The highest BCUT2D eigenvalue weighted by molar-refractivity contribution is 5.81. The minimum absolute atomic E-state index is 0.392. The van der Waals surface area contributed by atoms with Crippen LogP contribution in [0.3, 0.4) is 0 Å². The van der Waals surface area contributed by atoms with Crippen molar-refractivity contribution in [2.75, 3.05) is 12.3 Å². The number of nitrogens with two attached hydrogens (primary N) is 1. The summed E-state index contributed by atoms with van der Waals surface area (Å²) in [6.07, 6.45) is 4.08. The van der Waals surface area contributed by atoms with Crippen LogP contribution in [-0.2, 0) is 13.0 Å². The number of nitrogens with zero attached hydrogens (tertiary/aromatic N) is 4. The number of nitrogen functional groups attached to an aromatic ring is 1. The van der Waals surface area contributed by atoms with Crippen LogP contribution in [0.4, 0.5) is 5.82 Å². The van der Waals surface area contributed by atoms with E-state index >= 15 is 0 Å². The minimum Gasteiger partial charge on any atom is -0.492 e. The van der Waals surface area contributed by atoms with E-state index in [1.165, 1.54) is 17.5 Å². The van der Waals surface area contributed by atoms with Crippen LogP contribution in [0.1, 0.15) is 11.1 Å². The summed E-state index contributed by atoms with van der Waals surface area (Å²) < 4.78 is 7.75. The molecule has 0 unspecified atom stereocenters. The summed E-state index contributed by atoms with van der Waals surface area (Å²) >= 11 is 0. The van der Waals surface area contributed by atoms with E-state index in [1.807, 2.05) is 22.8 Å². The van der Waals surface area contributed by atoms with Gasteiger partial charge in [-0.3, -0.25) is 0 Å². The van der Waals surface area contributed by atoms with Crippen molar-refractivity contribution in [2.24, 2.45) is 0 Å². The van der Waals surface area contributed by atoms with E-state index in [0.717, 1.165) is 17.8 Å². The summed E-state index contributed by atoms with van der Waals surface area (Å²) in [5, 5.41) is 0. The minimum atomic E-state index is 0.392. The summed E-state index contributed by atoms with van der Waals surface area (Å²) in [6, 6.07) is 18.6. The molecule has 0 fully saturated rings. The Bertz CT molecular complexity index is 996. The van der Waals surface area contributed by atoms with E-state index in [-0.39, 0.29) is 0 Å². The number of rotatable bonds is 6. The van der Waals surface area contributed by atoms with Gasteiger partial charge in [0.25, 0.3) is 0 Å². The van der Waals surface area contributed by atoms with Crippen LogP contribution in [0.5, 0.6) is 5.75 Å². The zero-order chi connectivity index (χ0) is 17.8. The van der Waals surface area contributed by atoms with E-state index < -0.39 is 0 Å². The van der Waals surface area contributed by atoms with Crippen molar-refractivity contribution >= 4 is 17.0 Å². The lowest BCUT2D eigenvalue weighted by atomic mass is 10.1. The Morgan fingerprint density at radius 1 is 0.885 bits per heavy atom. The largest absolute Gasteiger partial charge is 0.492 e. The molecular weight excluding hydrogens is 326 g/mol. The van der Waals surface area contributed by atoms with E-state index in [9.17, 15) is 0 Å². The molecule has 0 aliphatic carbocycles. The third-order valence-electron chi connectivity index (χ3n) is 4.20. The maximum atomic E-state index is 5.84. The second kappa shape index (κ2) is 7.23. The van der Waals surface area contributed by atoms with Gasteiger partial charge >= 0.3 is 0 Å². The quantitative estimate of drug-likeness (QED) is 0.581. The molecule has 2 N–H and O–H groups in total. The molecule has 2 aromatic carbocycles. The molecule has 0 bridgehead atoms. The highest BCUT2D eigenvalue weighted by atomic mass is 16.5. The Balaban J connectivity index is 1.35. The van der Waals surface area contributed by atoms with E-state index in [0.29, 0.717) is 24.5 Å². The Hall–Kier alpha value is -3.41. The Morgan fingerprint density at radius 3 is 2.46 bits per heavy atom. The normalized spacial score (nSPS) is 10.9. The standard InChI is InChI=1S/C20H19N5O/c21-19-18-20(23-13-22-19)25(14-24-18)10-11-26-17-8-6-16(7-9-17)12-15-4-2-1-3-5-15/h1-9,13-14H,10-12H2,(H2,21,22,23). The number of fused-ring (bicyclic) bond motifs is 1. The maximum Gasteiger partial charge on any atom is 0.165 e.